The number of rotatable bonds is 4. The van der Waals surface area contributed by atoms with Crippen molar-refractivity contribution in [3.63, 3.8) is 0 Å². The third kappa shape index (κ3) is 3.87. The number of hydrogen-bond acceptors (Lipinski definition) is 3. The van der Waals surface area contributed by atoms with Gasteiger partial charge in [-0.2, -0.15) is 13.2 Å². The van der Waals surface area contributed by atoms with E-state index in [-0.39, 0.29) is 11.6 Å². The van der Waals surface area contributed by atoms with Crippen molar-refractivity contribution in [2.24, 2.45) is 0 Å². The molecule has 0 radical (unpaired) electrons. The van der Waals surface area contributed by atoms with E-state index in [4.69, 9.17) is 4.98 Å². The van der Waals surface area contributed by atoms with E-state index < -0.39 is 11.7 Å². The minimum atomic E-state index is -4.41. The maximum atomic E-state index is 13.0. The Balaban J connectivity index is 1.58. The summed E-state index contributed by atoms with van der Waals surface area (Å²) in [5, 5.41) is 0. The Morgan fingerprint density at radius 1 is 0.882 bits per heavy atom. The second-order valence-electron chi connectivity index (χ2n) is 7.91. The van der Waals surface area contributed by atoms with Crippen LogP contribution in [0.3, 0.4) is 0 Å². The standard InChI is InChI=1S/C26H19F3N4O/c1-17(21-6-2-4-13-30-21)32-15-12-19(16-23(32)34)24-22-7-3-5-14-33(22)25(31-24)18-8-10-20(11-9-18)26(27,28)29/h2-17H,1H3/t17-/m0/s1. The number of halogens is 3. The molecular formula is C26H19F3N4O. The predicted molar refractivity (Wildman–Crippen MR) is 123 cm³/mol. The van der Waals surface area contributed by atoms with Crippen LogP contribution < -0.4 is 5.56 Å². The summed E-state index contributed by atoms with van der Waals surface area (Å²) in [5.74, 6) is 0.491. The summed E-state index contributed by atoms with van der Waals surface area (Å²) in [7, 11) is 0. The number of hydrogen-bond donors (Lipinski definition) is 0. The smallest absolute Gasteiger partial charge is 0.307 e. The van der Waals surface area contributed by atoms with Crippen LogP contribution in [-0.2, 0) is 6.18 Å². The monoisotopic (exact) mass is 460 g/mol. The van der Waals surface area contributed by atoms with E-state index >= 15 is 0 Å². The van der Waals surface area contributed by atoms with Crippen LogP contribution in [0.5, 0.6) is 0 Å². The van der Waals surface area contributed by atoms with Gasteiger partial charge in [-0.25, -0.2) is 4.98 Å². The quantitative estimate of drug-likeness (QED) is 0.338. The van der Waals surface area contributed by atoms with Crippen LogP contribution in [0.4, 0.5) is 13.2 Å². The first-order valence-corrected chi connectivity index (χ1v) is 10.6. The zero-order chi connectivity index (χ0) is 23.9. The van der Waals surface area contributed by atoms with Gasteiger partial charge >= 0.3 is 6.18 Å². The molecule has 0 aliphatic heterocycles. The molecule has 0 saturated carbocycles. The molecule has 1 aromatic carbocycles. The van der Waals surface area contributed by atoms with Gasteiger partial charge in [-0.3, -0.25) is 14.2 Å². The van der Waals surface area contributed by atoms with E-state index in [2.05, 4.69) is 4.98 Å². The maximum Gasteiger partial charge on any atom is 0.416 e. The molecule has 0 unspecified atom stereocenters. The highest BCUT2D eigenvalue weighted by Crippen LogP contribution is 2.33. The van der Waals surface area contributed by atoms with E-state index in [0.29, 0.717) is 22.6 Å². The molecule has 0 saturated heterocycles. The Hall–Kier alpha value is -4.20. The molecule has 5 rings (SSSR count). The lowest BCUT2D eigenvalue weighted by Crippen LogP contribution is -2.23. The number of alkyl halides is 3. The lowest BCUT2D eigenvalue weighted by atomic mass is 10.1. The van der Waals surface area contributed by atoms with Gasteiger partial charge in [0.25, 0.3) is 5.56 Å². The van der Waals surface area contributed by atoms with Gasteiger partial charge in [0.1, 0.15) is 5.82 Å². The Kier molecular flexibility index (Phi) is 5.28. The second-order valence-corrected chi connectivity index (χ2v) is 7.91. The summed E-state index contributed by atoms with van der Waals surface area (Å²) in [6, 6.07) is 19.1. The van der Waals surface area contributed by atoms with Crippen molar-refractivity contribution in [3.05, 3.63) is 113 Å². The molecule has 0 fully saturated rings. The molecule has 4 aromatic heterocycles. The van der Waals surface area contributed by atoms with Crippen LogP contribution in [0.15, 0.2) is 96.2 Å². The SMILES string of the molecule is C[C@@H](c1ccccn1)n1ccc(-c2nc(-c3ccc(C(F)(F)F)cc3)n3ccccc23)cc1=O. The van der Waals surface area contributed by atoms with Crippen LogP contribution in [-0.4, -0.2) is 18.9 Å². The van der Waals surface area contributed by atoms with Crippen LogP contribution in [0.25, 0.3) is 28.2 Å². The van der Waals surface area contributed by atoms with Crippen molar-refractivity contribution in [3.8, 4) is 22.6 Å². The molecule has 0 amide bonds. The Morgan fingerprint density at radius 3 is 2.32 bits per heavy atom. The molecule has 0 N–H and O–H groups in total. The van der Waals surface area contributed by atoms with E-state index in [0.717, 1.165) is 23.3 Å². The van der Waals surface area contributed by atoms with Gasteiger partial charge in [-0.15, -0.1) is 0 Å². The molecule has 4 heterocycles. The largest absolute Gasteiger partial charge is 0.416 e. The average molecular weight is 460 g/mol. The number of aromatic nitrogens is 4. The normalized spacial score (nSPS) is 12.7. The van der Waals surface area contributed by atoms with Crippen molar-refractivity contribution < 1.29 is 13.2 Å². The number of nitrogens with zero attached hydrogens (tertiary/aromatic N) is 4. The fourth-order valence-electron chi connectivity index (χ4n) is 3.98. The fraction of sp³-hybridized carbons (Fsp3) is 0.115. The molecule has 0 bridgehead atoms. The molecule has 170 valence electrons. The van der Waals surface area contributed by atoms with Gasteiger partial charge < -0.3 is 4.57 Å². The number of imidazole rings is 1. The first-order chi connectivity index (χ1) is 16.3. The van der Waals surface area contributed by atoms with Gasteiger partial charge in [0, 0.05) is 35.8 Å². The Morgan fingerprint density at radius 2 is 1.65 bits per heavy atom. The van der Waals surface area contributed by atoms with Gasteiger partial charge in [-0.05, 0) is 49.4 Å². The molecular weight excluding hydrogens is 441 g/mol. The van der Waals surface area contributed by atoms with Crippen LogP contribution in [0, 0.1) is 0 Å². The van der Waals surface area contributed by atoms with Crippen molar-refractivity contribution in [2.75, 3.05) is 0 Å². The highest BCUT2D eigenvalue weighted by Gasteiger charge is 2.30. The third-order valence-corrected chi connectivity index (χ3v) is 5.77. The van der Waals surface area contributed by atoms with E-state index in [1.807, 2.05) is 49.4 Å². The lowest BCUT2D eigenvalue weighted by Gasteiger charge is -2.14. The van der Waals surface area contributed by atoms with Gasteiger partial charge in [0.2, 0.25) is 0 Å². The predicted octanol–water partition coefficient (Wildman–Crippen LogP) is 5.85. The van der Waals surface area contributed by atoms with Gasteiger partial charge in [0.15, 0.2) is 0 Å². The summed E-state index contributed by atoms with van der Waals surface area (Å²) in [6.07, 6.45) is 0.784. The summed E-state index contributed by atoms with van der Waals surface area (Å²) in [5.41, 5.74) is 2.33. The summed E-state index contributed by atoms with van der Waals surface area (Å²) in [4.78, 5) is 22.0. The highest BCUT2D eigenvalue weighted by molar-refractivity contribution is 5.81. The van der Waals surface area contributed by atoms with E-state index in [9.17, 15) is 18.0 Å². The van der Waals surface area contributed by atoms with E-state index in [1.165, 1.54) is 18.2 Å². The summed E-state index contributed by atoms with van der Waals surface area (Å²) < 4.78 is 42.3. The topological polar surface area (TPSA) is 52.2 Å². The molecule has 0 aliphatic carbocycles. The fourth-order valence-corrected chi connectivity index (χ4v) is 3.98. The molecule has 34 heavy (non-hydrogen) atoms. The molecule has 1 atom stereocenters. The molecule has 0 spiro atoms. The summed E-state index contributed by atoms with van der Waals surface area (Å²) >= 11 is 0. The second kappa shape index (κ2) is 8.30. The highest BCUT2D eigenvalue weighted by atomic mass is 19.4. The van der Waals surface area contributed by atoms with Gasteiger partial charge in [0.05, 0.1) is 28.5 Å². The third-order valence-electron chi connectivity index (χ3n) is 5.77. The lowest BCUT2D eigenvalue weighted by molar-refractivity contribution is -0.137. The zero-order valence-corrected chi connectivity index (χ0v) is 18.1. The van der Waals surface area contributed by atoms with Crippen molar-refractivity contribution in [2.45, 2.75) is 19.1 Å². The minimum absolute atomic E-state index is 0.205. The first kappa shape index (κ1) is 21.6. The zero-order valence-electron chi connectivity index (χ0n) is 18.1. The number of fused-ring (bicyclic) bond motifs is 1. The minimum Gasteiger partial charge on any atom is -0.307 e. The molecule has 5 nitrogen and oxygen atoms in total. The Labute approximate surface area is 192 Å². The van der Waals surface area contributed by atoms with Crippen molar-refractivity contribution in [1.82, 2.24) is 18.9 Å². The van der Waals surface area contributed by atoms with Crippen LogP contribution in [0.1, 0.15) is 24.2 Å². The molecule has 5 aromatic rings. The summed E-state index contributed by atoms with van der Waals surface area (Å²) in [6.45, 7) is 1.90. The van der Waals surface area contributed by atoms with Crippen molar-refractivity contribution >= 4 is 5.52 Å². The molecule has 0 aliphatic rings. The average Bonchev–Trinajstić information content (AvgIpc) is 3.23. The maximum absolute atomic E-state index is 13.0. The van der Waals surface area contributed by atoms with Crippen LogP contribution >= 0.6 is 0 Å². The van der Waals surface area contributed by atoms with Crippen LogP contribution in [0.2, 0.25) is 0 Å². The number of pyridine rings is 3. The molecule has 8 heteroatoms. The van der Waals surface area contributed by atoms with Gasteiger partial charge in [-0.1, -0.05) is 24.3 Å². The van der Waals surface area contributed by atoms with Crippen molar-refractivity contribution in [1.29, 1.82) is 0 Å². The number of benzene rings is 1. The Bertz CT molecular complexity index is 1520. The van der Waals surface area contributed by atoms with E-state index in [1.54, 1.807) is 27.6 Å². The first-order valence-electron chi connectivity index (χ1n) is 10.6.